The summed E-state index contributed by atoms with van der Waals surface area (Å²) in [6, 6.07) is 6.94. The van der Waals surface area contributed by atoms with Gasteiger partial charge >= 0.3 is 0 Å². The van der Waals surface area contributed by atoms with Crippen LogP contribution in [0.4, 0.5) is 5.13 Å². The normalized spacial score (nSPS) is 16.6. The number of carbonyl (C=O) groups excluding carboxylic acids is 2. The minimum absolute atomic E-state index is 0.139. The van der Waals surface area contributed by atoms with Gasteiger partial charge in [-0.2, -0.15) is 0 Å². The van der Waals surface area contributed by atoms with Crippen LogP contribution in [0.2, 0.25) is 0 Å². The van der Waals surface area contributed by atoms with Gasteiger partial charge in [-0.3, -0.25) is 9.59 Å². The Morgan fingerprint density at radius 3 is 2.79 bits per heavy atom. The summed E-state index contributed by atoms with van der Waals surface area (Å²) in [5.74, 6) is 0.869. The highest BCUT2D eigenvalue weighted by atomic mass is 32.1. The van der Waals surface area contributed by atoms with Crippen LogP contribution in [0.15, 0.2) is 34.9 Å². The molecule has 0 spiro atoms. The Morgan fingerprint density at radius 2 is 2.07 bits per heavy atom. The molecular formula is C20H21N3O5S. The third-order valence-corrected chi connectivity index (χ3v) is 5.87. The van der Waals surface area contributed by atoms with Gasteiger partial charge in [0.25, 0.3) is 5.91 Å². The van der Waals surface area contributed by atoms with Gasteiger partial charge in [-0.15, -0.1) is 0 Å². The van der Waals surface area contributed by atoms with Crippen molar-refractivity contribution in [3.8, 4) is 11.5 Å². The number of anilines is 1. The number of amides is 2. The quantitative estimate of drug-likeness (QED) is 0.686. The van der Waals surface area contributed by atoms with E-state index in [2.05, 4.69) is 10.3 Å². The highest BCUT2D eigenvalue weighted by Crippen LogP contribution is 2.36. The largest absolute Gasteiger partial charge is 0.493 e. The number of nitrogens with one attached hydrogen (secondary N) is 1. The van der Waals surface area contributed by atoms with E-state index in [-0.39, 0.29) is 17.7 Å². The lowest BCUT2D eigenvalue weighted by Crippen LogP contribution is -2.43. The molecule has 2 amide bonds. The molecule has 1 saturated heterocycles. The first-order valence-corrected chi connectivity index (χ1v) is 10.1. The van der Waals surface area contributed by atoms with Crippen LogP contribution < -0.4 is 14.8 Å². The Kier molecular flexibility index (Phi) is 5.39. The molecule has 0 aliphatic carbocycles. The number of furan rings is 1. The summed E-state index contributed by atoms with van der Waals surface area (Å²) in [4.78, 5) is 31.4. The number of hydrogen-bond acceptors (Lipinski definition) is 7. The predicted octanol–water partition coefficient (Wildman–Crippen LogP) is 3.40. The molecular weight excluding hydrogens is 394 g/mol. The van der Waals surface area contributed by atoms with Crippen LogP contribution in [0.5, 0.6) is 11.5 Å². The molecule has 8 nitrogen and oxygen atoms in total. The van der Waals surface area contributed by atoms with Crippen molar-refractivity contribution >= 4 is 38.5 Å². The number of benzene rings is 1. The number of ether oxygens (including phenoxy) is 2. The highest BCUT2D eigenvalue weighted by molar-refractivity contribution is 7.22. The zero-order valence-electron chi connectivity index (χ0n) is 16.1. The molecule has 0 saturated carbocycles. The van der Waals surface area contributed by atoms with Gasteiger partial charge in [-0.1, -0.05) is 11.3 Å². The van der Waals surface area contributed by atoms with Crippen molar-refractivity contribution in [1.29, 1.82) is 0 Å². The molecule has 3 aromatic rings. The molecule has 152 valence electrons. The minimum atomic E-state index is -0.293. The van der Waals surface area contributed by atoms with Gasteiger partial charge in [0.2, 0.25) is 5.91 Å². The van der Waals surface area contributed by atoms with E-state index in [4.69, 9.17) is 13.9 Å². The number of rotatable bonds is 5. The first-order valence-electron chi connectivity index (χ1n) is 9.25. The maximum absolute atomic E-state index is 12.8. The smallest absolute Gasteiger partial charge is 0.289 e. The second-order valence-electron chi connectivity index (χ2n) is 6.75. The fraction of sp³-hybridized carbons (Fsp3) is 0.350. The summed E-state index contributed by atoms with van der Waals surface area (Å²) in [5, 5.41) is 3.40. The van der Waals surface area contributed by atoms with Gasteiger partial charge in [0.05, 0.1) is 36.6 Å². The maximum Gasteiger partial charge on any atom is 0.289 e. The Morgan fingerprint density at radius 1 is 1.28 bits per heavy atom. The second kappa shape index (κ2) is 8.12. The molecule has 1 fully saturated rings. The summed E-state index contributed by atoms with van der Waals surface area (Å²) in [6.07, 6.45) is 2.96. The topological polar surface area (TPSA) is 93.9 Å². The molecule has 1 atom stereocenters. The number of fused-ring (bicyclic) bond motifs is 1. The van der Waals surface area contributed by atoms with Gasteiger partial charge in [0, 0.05) is 25.2 Å². The molecule has 0 bridgehead atoms. The van der Waals surface area contributed by atoms with Gasteiger partial charge in [0.1, 0.15) is 0 Å². The van der Waals surface area contributed by atoms with Crippen molar-refractivity contribution < 1.29 is 23.5 Å². The molecule has 0 unspecified atom stereocenters. The Bertz CT molecular complexity index is 989. The van der Waals surface area contributed by atoms with Crippen LogP contribution in [-0.2, 0) is 4.79 Å². The molecule has 1 aliphatic heterocycles. The van der Waals surface area contributed by atoms with Crippen LogP contribution in [-0.4, -0.2) is 49.0 Å². The Labute approximate surface area is 171 Å². The lowest BCUT2D eigenvalue weighted by molar-refractivity contribution is -0.121. The SMILES string of the molecule is COc1cc2nc(NC(=O)[C@@H]3CCCN(C(=O)c4ccco4)C3)sc2cc1OC. The molecule has 9 heteroatoms. The van der Waals surface area contributed by atoms with E-state index in [0.29, 0.717) is 35.5 Å². The van der Waals surface area contributed by atoms with Crippen LogP contribution in [0, 0.1) is 5.92 Å². The van der Waals surface area contributed by atoms with Gasteiger partial charge in [-0.25, -0.2) is 4.98 Å². The van der Waals surface area contributed by atoms with Crippen molar-refractivity contribution in [3.63, 3.8) is 0 Å². The summed E-state index contributed by atoms with van der Waals surface area (Å²) in [6.45, 7) is 0.974. The molecule has 1 aliphatic rings. The van der Waals surface area contributed by atoms with E-state index in [9.17, 15) is 9.59 Å². The van der Waals surface area contributed by atoms with Gasteiger partial charge < -0.3 is 24.1 Å². The lowest BCUT2D eigenvalue weighted by Gasteiger charge is -2.31. The van der Waals surface area contributed by atoms with E-state index < -0.39 is 0 Å². The first-order chi connectivity index (χ1) is 14.1. The second-order valence-corrected chi connectivity index (χ2v) is 7.78. The van der Waals surface area contributed by atoms with Gasteiger partial charge in [-0.05, 0) is 25.0 Å². The molecule has 0 radical (unpaired) electrons. The number of carbonyl (C=O) groups is 2. The zero-order valence-corrected chi connectivity index (χ0v) is 17.0. The Hall–Kier alpha value is -3.07. The Balaban J connectivity index is 1.46. The third kappa shape index (κ3) is 3.91. The maximum atomic E-state index is 12.8. The molecule has 29 heavy (non-hydrogen) atoms. The summed E-state index contributed by atoms with van der Waals surface area (Å²) >= 11 is 1.37. The van der Waals surface area contributed by atoms with Gasteiger partial charge in [0.15, 0.2) is 22.4 Å². The van der Waals surface area contributed by atoms with E-state index in [1.54, 1.807) is 37.3 Å². The van der Waals surface area contributed by atoms with Crippen molar-refractivity contribution in [2.45, 2.75) is 12.8 Å². The van der Waals surface area contributed by atoms with Crippen LogP contribution >= 0.6 is 11.3 Å². The van der Waals surface area contributed by atoms with Crippen LogP contribution in [0.3, 0.4) is 0 Å². The average Bonchev–Trinajstić information content (AvgIpc) is 3.41. The fourth-order valence-corrected chi connectivity index (χ4v) is 4.33. The lowest BCUT2D eigenvalue weighted by atomic mass is 9.97. The number of hydrogen-bond donors (Lipinski definition) is 1. The minimum Gasteiger partial charge on any atom is -0.493 e. The number of likely N-dealkylation sites (tertiary alicyclic amines) is 1. The van der Waals surface area contributed by atoms with E-state index in [0.717, 1.165) is 23.1 Å². The van der Waals surface area contributed by atoms with Crippen LogP contribution in [0.1, 0.15) is 23.4 Å². The predicted molar refractivity (Wildman–Crippen MR) is 109 cm³/mol. The average molecular weight is 415 g/mol. The van der Waals surface area contributed by atoms with Crippen molar-refractivity contribution in [2.75, 3.05) is 32.6 Å². The third-order valence-electron chi connectivity index (χ3n) is 4.94. The first kappa shape index (κ1) is 19.3. The summed E-state index contributed by atoms with van der Waals surface area (Å²) < 4.78 is 16.7. The number of nitrogens with zero attached hydrogens (tertiary/aromatic N) is 2. The molecule has 1 aromatic carbocycles. The number of methoxy groups -OCH3 is 2. The van der Waals surface area contributed by atoms with E-state index >= 15 is 0 Å². The summed E-state index contributed by atoms with van der Waals surface area (Å²) in [7, 11) is 3.14. The zero-order chi connectivity index (χ0) is 20.4. The number of thiazole rings is 1. The van der Waals surface area contributed by atoms with E-state index in [1.165, 1.54) is 17.6 Å². The number of piperidine rings is 1. The molecule has 3 heterocycles. The molecule has 2 aromatic heterocycles. The van der Waals surface area contributed by atoms with E-state index in [1.807, 2.05) is 6.07 Å². The highest BCUT2D eigenvalue weighted by Gasteiger charge is 2.30. The number of aromatic nitrogens is 1. The monoisotopic (exact) mass is 415 g/mol. The molecule has 1 N–H and O–H groups in total. The van der Waals surface area contributed by atoms with Crippen molar-refractivity contribution in [3.05, 3.63) is 36.3 Å². The van der Waals surface area contributed by atoms with Crippen molar-refractivity contribution in [1.82, 2.24) is 9.88 Å². The summed E-state index contributed by atoms with van der Waals surface area (Å²) in [5.41, 5.74) is 0.723. The van der Waals surface area contributed by atoms with Crippen LogP contribution in [0.25, 0.3) is 10.2 Å². The fourth-order valence-electron chi connectivity index (χ4n) is 3.45. The standard InChI is InChI=1S/C20H21N3O5S/c1-26-15-9-13-17(10-16(15)27-2)29-20(21-13)22-18(24)12-5-3-7-23(11-12)19(25)14-6-4-8-28-14/h4,6,8-10,12H,3,5,7,11H2,1-2H3,(H,21,22,24)/t12-/m1/s1. The molecule has 4 rings (SSSR count). The van der Waals surface area contributed by atoms with Crippen molar-refractivity contribution in [2.24, 2.45) is 5.92 Å².